The van der Waals surface area contributed by atoms with Crippen molar-refractivity contribution in [3.8, 4) is 5.75 Å². The third-order valence-corrected chi connectivity index (χ3v) is 9.21. The van der Waals surface area contributed by atoms with E-state index in [-0.39, 0.29) is 18.3 Å². The summed E-state index contributed by atoms with van der Waals surface area (Å²) in [6.07, 6.45) is 0.915. The van der Waals surface area contributed by atoms with E-state index in [4.69, 9.17) is 21.4 Å². The Kier molecular flexibility index (Phi) is 8.75. The van der Waals surface area contributed by atoms with Crippen LogP contribution in [0.2, 0.25) is 5.02 Å². The second-order valence-electron chi connectivity index (χ2n) is 8.00. The van der Waals surface area contributed by atoms with Crippen molar-refractivity contribution >= 4 is 48.8 Å². The summed E-state index contributed by atoms with van der Waals surface area (Å²) >= 11 is 7.35. The maximum absolute atomic E-state index is 12.9. The zero-order chi connectivity index (χ0) is 24.0. The molecule has 1 heterocycles. The van der Waals surface area contributed by atoms with Crippen LogP contribution in [0, 0.1) is 6.92 Å². The monoisotopic (exact) mass is 509 g/mol. The van der Waals surface area contributed by atoms with Gasteiger partial charge in [-0.25, -0.2) is 8.42 Å². The number of carboxylic acid groups (broad SMARTS) is 1. The van der Waals surface area contributed by atoms with Crippen LogP contribution in [0.15, 0.2) is 46.7 Å². The molecule has 1 aromatic heterocycles. The quantitative estimate of drug-likeness (QED) is 0.330. The summed E-state index contributed by atoms with van der Waals surface area (Å²) in [5, 5.41) is 13.6. The van der Waals surface area contributed by atoms with Crippen molar-refractivity contribution in [2.75, 3.05) is 18.8 Å². The Labute approximate surface area is 203 Å². The number of fused-ring (bicyclic) bond motifs is 1. The number of thiophene rings is 1. The van der Waals surface area contributed by atoms with Crippen LogP contribution < -0.4 is 10.1 Å². The van der Waals surface area contributed by atoms with Gasteiger partial charge in [0.15, 0.2) is 9.84 Å². The molecule has 0 saturated heterocycles. The number of aryl methyl sites for hydroxylation is 2. The number of rotatable bonds is 12. The fraction of sp³-hybridized carbons (Fsp3) is 0.375. The van der Waals surface area contributed by atoms with Crippen molar-refractivity contribution in [1.29, 1.82) is 0 Å². The summed E-state index contributed by atoms with van der Waals surface area (Å²) in [4.78, 5) is 10.7. The van der Waals surface area contributed by atoms with Crippen LogP contribution in [0.3, 0.4) is 0 Å². The van der Waals surface area contributed by atoms with Crippen LogP contribution in [0.1, 0.15) is 30.9 Å². The molecular formula is C24H28ClNO5S2. The Hall–Kier alpha value is -2.13. The van der Waals surface area contributed by atoms with Gasteiger partial charge in [-0.2, -0.15) is 0 Å². The fourth-order valence-corrected chi connectivity index (χ4v) is 6.96. The molecule has 6 nitrogen and oxygen atoms in total. The van der Waals surface area contributed by atoms with E-state index in [0.717, 1.165) is 21.2 Å². The number of ether oxygens (including phenoxy) is 1. The number of carbonyl (C=O) groups is 1. The van der Waals surface area contributed by atoms with Crippen LogP contribution in [-0.2, 0) is 21.1 Å². The normalized spacial score (nSPS) is 12.7. The van der Waals surface area contributed by atoms with Crippen molar-refractivity contribution in [2.24, 2.45) is 0 Å². The Morgan fingerprint density at radius 2 is 2.03 bits per heavy atom. The Bertz CT molecular complexity index is 1220. The van der Waals surface area contributed by atoms with Crippen molar-refractivity contribution in [3.63, 3.8) is 0 Å². The third kappa shape index (κ3) is 7.17. The van der Waals surface area contributed by atoms with E-state index < -0.39 is 15.8 Å². The van der Waals surface area contributed by atoms with E-state index in [9.17, 15) is 13.2 Å². The smallest absolute Gasteiger partial charge is 0.303 e. The second kappa shape index (κ2) is 11.3. The summed E-state index contributed by atoms with van der Waals surface area (Å²) in [6.45, 7) is 4.89. The Morgan fingerprint density at radius 3 is 2.79 bits per heavy atom. The Balaban J connectivity index is 1.45. The molecule has 9 heteroatoms. The molecule has 3 aromatic rings. The van der Waals surface area contributed by atoms with Crippen molar-refractivity contribution in [2.45, 2.75) is 43.4 Å². The summed E-state index contributed by atoms with van der Waals surface area (Å²) < 4.78 is 33.0. The zero-order valence-corrected chi connectivity index (χ0v) is 21.0. The standard InChI is InChI=1S/C24H28ClNO5S2/c1-16(31-20-6-3-5-18(13-20)7-10-23(27)28)15-26-11-4-12-33(29,30)24-17(2)21-14-19(25)8-9-22(21)32-24/h3,5-6,8-9,13-14,16,26H,4,7,10-12,15H2,1-2H3,(H,27,28). The summed E-state index contributed by atoms with van der Waals surface area (Å²) in [5.41, 5.74) is 1.68. The molecule has 2 N–H and O–H groups in total. The van der Waals surface area contributed by atoms with Gasteiger partial charge in [-0.05, 0) is 80.1 Å². The SMILES string of the molecule is Cc1c(S(=O)(=O)CCCNCC(C)Oc2cccc(CCC(=O)O)c2)sc2ccc(Cl)cc12. The summed E-state index contributed by atoms with van der Waals surface area (Å²) in [6, 6.07) is 12.9. The minimum absolute atomic E-state index is 0.0717. The number of sulfone groups is 1. The average Bonchev–Trinajstić information content (AvgIpc) is 3.09. The van der Waals surface area contributed by atoms with Gasteiger partial charge in [0.05, 0.1) is 5.75 Å². The summed E-state index contributed by atoms with van der Waals surface area (Å²) in [7, 11) is -3.37. The van der Waals surface area contributed by atoms with Gasteiger partial charge in [0.2, 0.25) is 0 Å². The molecule has 33 heavy (non-hydrogen) atoms. The van der Waals surface area contributed by atoms with E-state index in [1.54, 1.807) is 6.07 Å². The highest BCUT2D eigenvalue weighted by Crippen LogP contribution is 2.36. The van der Waals surface area contributed by atoms with Crippen molar-refractivity contribution in [1.82, 2.24) is 5.32 Å². The highest BCUT2D eigenvalue weighted by atomic mass is 35.5. The van der Waals surface area contributed by atoms with Crippen LogP contribution in [0.4, 0.5) is 0 Å². The molecule has 1 unspecified atom stereocenters. The van der Waals surface area contributed by atoms with Gasteiger partial charge in [-0.1, -0.05) is 23.7 Å². The molecule has 0 fully saturated rings. The zero-order valence-electron chi connectivity index (χ0n) is 18.6. The molecule has 3 rings (SSSR count). The van der Waals surface area contributed by atoms with E-state index in [2.05, 4.69) is 5.32 Å². The number of nitrogens with one attached hydrogen (secondary N) is 1. The maximum atomic E-state index is 12.9. The van der Waals surface area contributed by atoms with E-state index in [0.29, 0.717) is 40.9 Å². The lowest BCUT2D eigenvalue weighted by Crippen LogP contribution is -2.30. The molecule has 0 amide bonds. The van der Waals surface area contributed by atoms with Crippen molar-refractivity contribution in [3.05, 3.63) is 58.6 Å². The third-order valence-electron chi connectivity index (χ3n) is 5.20. The van der Waals surface area contributed by atoms with Gasteiger partial charge in [0, 0.05) is 22.7 Å². The first kappa shape index (κ1) is 25.5. The number of carboxylic acids is 1. The predicted molar refractivity (Wildman–Crippen MR) is 134 cm³/mol. The lowest BCUT2D eigenvalue weighted by atomic mass is 10.1. The lowest BCUT2D eigenvalue weighted by Gasteiger charge is -2.16. The minimum Gasteiger partial charge on any atom is -0.489 e. The van der Waals surface area contributed by atoms with E-state index in [1.165, 1.54) is 11.3 Å². The first-order chi connectivity index (χ1) is 15.7. The van der Waals surface area contributed by atoms with Crippen LogP contribution in [0.25, 0.3) is 10.1 Å². The first-order valence-corrected chi connectivity index (χ1v) is 13.6. The van der Waals surface area contributed by atoms with Gasteiger partial charge in [-0.15, -0.1) is 11.3 Å². The van der Waals surface area contributed by atoms with E-state index in [1.807, 2.05) is 50.2 Å². The molecule has 1 atom stereocenters. The topological polar surface area (TPSA) is 92.7 Å². The molecule has 0 aliphatic rings. The largest absolute Gasteiger partial charge is 0.489 e. The molecule has 0 saturated carbocycles. The lowest BCUT2D eigenvalue weighted by molar-refractivity contribution is -0.136. The fourth-order valence-electron chi connectivity index (χ4n) is 3.55. The number of benzene rings is 2. The highest BCUT2D eigenvalue weighted by molar-refractivity contribution is 7.93. The predicted octanol–water partition coefficient (Wildman–Crippen LogP) is 5.10. The number of aliphatic carboxylic acids is 1. The molecular weight excluding hydrogens is 482 g/mol. The molecule has 178 valence electrons. The molecule has 2 aromatic carbocycles. The number of hydrogen-bond acceptors (Lipinski definition) is 6. The molecule has 0 aliphatic heterocycles. The van der Waals surface area contributed by atoms with Crippen LogP contribution in [-0.4, -0.2) is 44.4 Å². The number of halogens is 1. The van der Waals surface area contributed by atoms with Gasteiger partial charge in [0.25, 0.3) is 0 Å². The van der Waals surface area contributed by atoms with Crippen LogP contribution in [0.5, 0.6) is 5.75 Å². The maximum Gasteiger partial charge on any atom is 0.303 e. The van der Waals surface area contributed by atoms with E-state index >= 15 is 0 Å². The van der Waals surface area contributed by atoms with Crippen molar-refractivity contribution < 1.29 is 23.1 Å². The summed E-state index contributed by atoms with van der Waals surface area (Å²) in [5.74, 6) is -0.0645. The van der Waals surface area contributed by atoms with Gasteiger partial charge in [0.1, 0.15) is 16.1 Å². The van der Waals surface area contributed by atoms with Gasteiger partial charge < -0.3 is 15.2 Å². The first-order valence-electron chi connectivity index (χ1n) is 10.8. The minimum atomic E-state index is -3.37. The van der Waals surface area contributed by atoms with Gasteiger partial charge >= 0.3 is 5.97 Å². The second-order valence-corrected chi connectivity index (χ2v) is 11.8. The molecule has 0 radical (unpaired) electrons. The molecule has 0 bridgehead atoms. The molecule has 0 spiro atoms. The highest BCUT2D eigenvalue weighted by Gasteiger charge is 2.21. The van der Waals surface area contributed by atoms with Crippen LogP contribution >= 0.6 is 22.9 Å². The Morgan fingerprint density at radius 1 is 1.24 bits per heavy atom. The van der Waals surface area contributed by atoms with Gasteiger partial charge in [-0.3, -0.25) is 4.79 Å². The average molecular weight is 510 g/mol. The number of hydrogen-bond donors (Lipinski definition) is 2. The molecule has 0 aliphatic carbocycles.